The third-order valence-electron chi connectivity index (χ3n) is 4.31. The molecule has 2 aromatic rings. The first-order chi connectivity index (χ1) is 14.2. The van der Waals surface area contributed by atoms with Gasteiger partial charge in [0, 0.05) is 18.3 Å². The number of anilines is 2. The lowest BCUT2D eigenvalue weighted by Gasteiger charge is -2.34. The molecule has 0 aliphatic carbocycles. The number of nitrogens with one attached hydrogen (secondary N) is 2. The van der Waals surface area contributed by atoms with Gasteiger partial charge in [0.1, 0.15) is 11.4 Å². The van der Waals surface area contributed by atoms with Crippen LogP contribution in [0.1, 0.15) is 31.1 Å². The third kappa shape index (κ3) is 4.89. The lowest BCUT2D eigenvalue weighted by atomic mass is 10.1. The van der Waals surface area contributed by atoms with E-state index in [9.17, 15) is 14.4 Å². The summed E-state index contributed by atoms with van der Waals surface area (Å²) in [6.45, 7) is 5.38. The molecule has 0 saturated heterocycles. The Balaban J connectivity index is 1.85. The zero-order valence-corrected chi connectivity index (χ0v) is 17.4. The molecule has 30 heavy (non-hydrogen) atoms. The molecule has 1 aliphatic heterocycles. The van der Waals surface area contributed by atoms with Crippen molar-refractivity contribution < 1.29 is 23.9 Å². The standard InChI is InChI=1S/C22H25N3O5/c1-22(2,3)30-21(28)24-15-9-7-8-14(12-15)20(27)25-13-18(19(26)23-4)29-17-11-6-5-10-16(17)25/h5-12,18H,13H2,1-4H3,(H,23,26)(H,24,28)/t18-/m1/s1. The summed E-state index contributed by atoms with van der Waals surface area (Å²) in [5.41, 5.74) is 0.729. The van der Waals surface area contributed by atoms with Gasteiger partial charge in [0.05, 0.1) is 12.2 Å². The molecule has 158 valence electrons. The smallest absolute Gasteiger partial charge is 0.412 e. The first kappa shape index (κ1) is 21.2. The molecular weight excluding hydrogens is 386 g/mol. The Morgan fingerprint density at radius 2 is 1.83 bits per heavy atom. The molecule has 0 fully saturated rings. The van der Waals surface area contributed by atoms with Crippen molar-refractivity contribution in [1.82, 2.24) is 5.32 Å². The SMILES string of the molecule is CNC(=O)[C@H]1CN(C(=O)c2cccc(NC(=O)OC(C)(C)C)c2)c2ccccc2O1. The fraction of sp³-hybridized carbons (Fsp3) is 0.318. The maximum absolute atomic E-state index is 13.3. The highest BCUT2D eigenvalue weighted by molar-refractivity contribution is 6.08. The van der Waals surface area contributed by atoms with Crippen molar-refractivity contribution in [2.45, 2.75) is 32.5 Å². The van der Waals surface area contributed by atoms with Crippen molar-refractivity contribution in [1.29, 1.82) is 0 Å². The Morgan fingerprint density at radius 1 is 1.10 bits per heavy atom. The Labute approximate surface area is 175 Å². The van der Waals surface area contributed by atoms with Crippen LogP contribution in [-0.4, -0.2) is 43.2 Å². The normalized spacial score (nSPS) is 15.5. The molecule has 1 heterocycles. The molecule has 1 aliphatic rings. The molecule has 0 unspecified atom stereocenters. The van der Waals surface area contributed by atoms with E-state index in [4.69, 9.17) is 9.47 Å². The monoisotopic (exact) mass is 411 g/mol. The summed E-state index contributed by atoms with van der Waals surface area (Å²) < 4.78 is 11.0. The summed E-state index contributed by atoms with van der Waals surface area (Å²) in [6, 6.07) is 13.6. The van der Waals surface area contributed by atoms with Crippen molar-refractivity contribution in [3.8, 4) is 5.75 Å². The van der Waals surface area contributed by atoms with Gasteiger partial charge in [-0.05, 0) is 51.1 Å². The first-order valence-corrected chi connectivity index (χ1v) is 9.57. The minimum Gasteiger partial charge on any atom is -0.477 e. The number of amides is 3. The summed E-state index contributed by atoms with van der Waals surface area (Å²) in [7, 11) is 1.52. The van der Waals surface area contributed by atoms with Gasteiger partial charge < -0.3 is 19.7 Å². The van der Waals surface area contributed by atoms with Gasteiger partial charge in [0.25, 0.3) is 11.8 Å². The van der Waals surface area contributed by atoms with Crippen LogP contribution in [0.5, 0.6) is 5.75 Å². The van der Waals surface area contributed by atoms with Crippen LogP contribution in [0.2, 0.25) is 0 Å². The molecule has 2 N–H and O–H groups in total. The highest BCUT2D eigenvalue weighted by Crippen LogP contribution is 2.34. The second-order valence-electron chi connectivity index (χ2n) is 7.81. The number of hydrogen-bond acceptors (Lipinski definition) is 5. The number of carbonyl (C=O) groups excluding carboxylic acids is 3. The van der Waals surface area contributed by atoms with Crippen LogP contribution in [-0.2, 0) is 9.53 Å². The van der Waals surface area contributed by atoms with Gasteiger partial charge in [0.2, 0.25) is 0 Å². The van der Waals surface area contributed by atoms with E-state index in [2.05, 4.69) is 10.6 Å². The predicted molar refractivity (Wildman–Crippen MR) is 113 cm³/mol. The van der Waals surface area contributed by atoms with Crippen LogP contribution in [0.4, 0.5) is 16.2 Å². The van der Waals surface area contributed by atoms with E-state index >= 15 is 0 Å². The number of carbonyl (C=O) groups is 3. The fourth-order valence-electron chi connectivity index (χ4n) is 3.03. The number of rotatable bonds is 3. The van der Waals surface area contributed by atoms with E-state index in [1.54, 1.807) is 69.3 Å². The van der Waals surface area contributed by atoms with E-state index in [-0.39, 0.29) is 18.4 Å². The molecule has 8 nitrogen and oxygen atoms in total. The maximum atomic E-state index is 13.3. The zero-order chi connectivity index (χ0) is 21.9. The molecule has 3 rings (SSSR count). The fourth-order valence-corrected chi connectivity index (χ4v) is 3.03. The second kappa shape index (κ2) is 8.44. The molecule has 0 spiro atoms. The number of likely N-dealkylation sites (N-methyl/N-ethyl adjacent to an activating group) is 1. The van der Waals surface area contributed by atoms with Gasteiger partial charge in [-0.25, -0.2) is 4.79 Å². The lowest BCUT2D eigenvalue weighted by Crippen LogP contribution is -2.50. The highest BCUT2D eigenvalue weighted by atomic mass is 16.6. The van der Waals surface area contributed by atoms with Crippen LogP contribution < -0.4 is 20.3 Å². The molecule has 0 aromatic heterocycles. The summed E-state index contributed by atoms with van der Waals surface area (Å²) >= 11 is 0. The average molecular weight is 411 g/mol. The number of nitrogens with zero attached hydrogens (tertiary/aromatic N) is 1. The topological polar surface area (TPSA) is 97.0 Å². The molecule has 0 saturated carbocycles. The average Bonchev–Trinajstić information content (AvgIpc) is 2.70. The van der Waals surface area contributed by atoms with E-state index in [0.29, 0.717) is 22.7 Å². The van der Waals surface area contributed by atoms with Crippen LogP contribution >= 0.6 is 0 Å². The summed E-state index contributed by atoms with van der Waals surface area (Å²) in [5, 5.41) is 5.18. The van der Waals surface area contributed by atoms with Gasteiger partial charge in [-0.1, -0.05) is 18.2 Å². The van der Waals surface area contributed by atoms with Crippen LogP contribution in [0.3, 0.4) is 0 Å². The van der Waals surface area contributed by atoms with E-state index < -0.39 is 17.8 Å². The van der Waals surface area contributed by atoms with Gasteiger partial charge >= 0.3 is 6.09 Å². The van der Waals surface area contributed by atoms with Crippen molar-refractivity contribution >= 4 is 29.3 Å². The summed E-state index contributed by atoms with van der Waals surface area (Å²) in [5.74, 6) is -0.177. The van der Waals surface area contributed by atoms with Crippen LogP contribution in [0, 0.1) is 0 Å². The van der Waals surface area contributed by atoms with Gasteiger partial charge in [-0.3, -0.25) is 14.9 Å². The summed E-state index contributed by atoms with van der Waals surface area (Å²) in [4.78, 5) is 39.0. The first-order valence-electron chi connectivity index (χ1n) is 9.57. The zero-order valence-electron chi connectivity index (χ0n) is 17.4. The third-order valence-corrected chi connectivity index (χ3v) is 4.31. The highest BCUT2D eigenvalue weighted by Gasteiger charge is 2.33. The number of benzene rings is 2. The molecule has 2 aromatic carbocycles. The Bertz CT molecular complexity index is 967. The van der Waals surface area contributed by atoms with Crippen LogP contribution in [0.15, 0.2) is 48.5 Å². The van der Waals surface area contributed by atoms with Crippen LogP contribution in [0.25, 0.3) is 0 Å². The summed E-state index contributed by atoms with van der Waals surface area (Å²) in [6.07, 6.45) is -1.43. The Kier molecular flexibility index (Phi) is 5.96. The molecule has 1 atom stereocenters. The molecule has 8 heteroatoms. The van der Waals surface area contributed by atoms with E-state index in [1.165, 1.54) is 11.9 Å². The Hall–Kier alpha value is -3.55. The van der Waals surface area contributed by atoms with E-state index in [0.717, 1.165) is 0 Å². The number of ether oxygens (including phenoxy) is 2. The molecule has 0 bridgehead atoms. The van der Waals surface area contributed by atoms with Crippen molar-refractivity contribution in [3.05, 3.63) is 54.1 Å². The lowest BCUT2D eigenvalue weighted by molar-refractivity contribution is -0.127. The maximum Gasteiger partial charge on any atom is 0.412 e. The Morgan fingerprint density at radius 3 is 2.53 bits per heavy atom. The van der Waals surface area contributed by atoms with Gasteiger partial charge in [-0.2, -0.15) is 0 Å². The van der Waals surface area contributed by atoms with Gasteiger partial charge in [0.15, 0.2) is 6.10 Å². The number of hydrogen-bond donors (Lipinski definition) is 2. The van der Waals surface area contributed by atoms with Crippen molar-refractivity contribution in [3.63, 3.8) is 0 Å². The molecular formula is C22H25N3O5. The van der Waals surface area contributed by atoms with Crippen molar-refractivity contribution in [2.24, 2.45) is 0 Å². The molecule has 0 radical (unpaired) electrons. The minimum atomic E-state index is -0.822. The van der Waals surface area contributed by atoms with E-state index in [1.807, 2.05) is 0 Å². The van der Waals surface area contributed by atoms with Gasteiger partial charge in [-0.15, -0.1) is 0 Å². The predicted octanol–water partition coefficient (Wildman–Crippen LogP) is 3.19. The number of para-hydroxylation sites is 2. The molecule has 3 amide bonds. The largest absolute Gasteiger partial charge is 0.477 e. The number of fused-ring (bicyclic) bond motifs is 1. The minimum absolute atomic E-state index is 0.0687. The quantitative estimate of drug-likeness (QED) is 0.809. The second-order valence-corrected chi connectivity index (χ2v) is 7.81. The van der Waals surface area contributed by atoms with Crippen molar-refractivity contribution in [2.75, 3.05) is 23.8 Å².